The van der Waals surface area contributed by atoms with E-state index in [-0.39, 0.29) is 23.6 Å². The van der Waals surface area contributed by atoms with Gasteiger partial charge in [0.2, 0.25) is 0 Å². The summed E-state index contributed by atoms with van der Waals surface area (Å²) in [5.41, 5.74) is -0.209. The number of nitro benzene ring substituents is 1. The smallest absolute Gasteiger partial charge is 0.311 e. The van der Waals surface area contributed by atoms with E-state index in [1.165, 1.54) is 0 Å². The van der Waals surface area contributed by atoms with Crippen LogP contribution in [0.15, 0.2) is 18.2 Å². The van der Waals surface area contributed by atoms with Crippen LogP contribution in [0.25, 0.3) is 0 Å². The zero-order valence-corrected chi connectivity index (χ0v) is 9.54. The molecule has 3 rings (SSSR count). The van der Waals surface area contributed by atoms with E-state index in [0.717, 1.165) is 37.6 Å². The largest absolute Gasteiger partial charge is 0.481 e. The molecule has 3 atom stereocenters. The van der Waals surface area contributed by atoms with Crippen LogP contribution < -0.4 is 4.74 Å². The van der Waals surface area contributed by atoms with Crippen LogP contribution in [0.5, 0.6) is 5.75 Å². The fourth-order valence-corrected chi connectivity index (χ4v) is 2.65. The van der Waals surface area contributed by atoms with Gasteiger partial charge < -0.3 is 9.47 Å². The third-order valence-electron chi connectivity index (χ3n) is 3.49. The van der Waals surface area contributed by atoms with Crippen molar-refractivity contribution < 1.29 is 18.8 Å². The van der Waals surface area contributed by atoms with E-state index in [4.69, 9.17) is 9.47 Å². The van der Waals surface area contributed by atoms with Crippen LogP contribution in [0.4, 0.5) is 10.1 Å². The summed E-state index contributed by atoms with van der Waals surface area (Å²) in [5.74, 6) is -0.0894. The van der Waals surface area contributed by atoms with Crippen LogP contribution in [0.2, 0.25) is 0 Å². The first-order valence-corrected chi connectivity index (χ1v) is 5.85. The summed E-state index contributed by atoms with van der Waals surface area (Å²) in [6, 6.07) is 3.24. The van der Waals surface area contributed by atoms with Crippen molar-refractivity contribution in [3.05, 3.63) is 34.1 Å². The zero-order valence-electron chi connectivity index (χ0n) is 9.54. The topological polar surface area (TPSA) is 61.6 Å². The van der Waals surface area contributed by atoms with Crippen molar-refractivity contribution in [1.82, 2.24) is 0 Å². The number of benzene rings is 1. The Balaban J connectivity index is 1.83. The predicted octanol–water partition coefficient (Wildman–Crippen LogP) is 2.29. The Morgan fingerprint density at radius 1 is 1.44 bits per heavy atom. The van der Waals surface area contributed by atoms with E-state index in [1.807, 2.05) is 0 Å². The summed E-state index contributed by atoms with van der Waals surface area (Å²) in [6.45, 7) is 0.732. The number of fused-ring (bicyclic) bond motifs is 2. The van der Waals surface area contributed by atoms with Gasteiger partial charge in [-0.1, -0.05) is 0 Å². The van der Waals surface area contributed by atoms with Crippen molar-refractivity contribution in [2.45, 2.75) is 25.0 Å². The molecular formula is C12H12FNO4. The maximum Gasteiger partial charge on any atom is 0.311 e. The molecule has 1 aromatic rings. The van der Waals surface area contributed by atoms with Crippen LogP contribution in [0, 0.1) is 21.8 Å². The molecule has 0 unspecified atom stereocenters. The average Bonchev–Trinajstić information content (AvgIpc) is 2.90. The Hall–Kier alpha value is -1.69. The molecule has 1 aliphatic heterocycles. The van der Waals surface area contributed by atoms with Gasteiger partial charge in [0.25, 0.3) is 0 Å². The molecule has 0 N–H and O–H groups in total. The van der Waals surface area contributed by atoms with Gasteiger partial charge in [-0.3, -0.25) is 10.1 Å². The molecule has 0 aromatic heterocycles. The van der Waals surface area contributed by atoms with Gasteiger partial charge in [0, 0.05) is 12.1 Å². The summed E-state index contributed by atoms with van der Waals surface area (Å²) in [4.78, 5) is 10.3. The van der Waals surface area contributed by atoms with Crippen molar-refractivity contribution in [2.24, 2.45) is 5.92 Å². The second-order valence-electron chi connectivity index (χ2n) is 4.73. The van der Waals surface area contributed by atoms with Crippen LogP contribution in [-0.4, -0.2) is 23.7 Å². The van der Waals surface area contributed by atoms with Gasteiger partial charge >= 0.3 is 5.69 Å². The zero-order chi connectivity index (χ0) is 12.7. The quantitative estimate of drug-likeness (QED) is 0.612. The molecule has 18 heavy (non-hydrogen) atoms. The standard InChI is InChI=1S/C12H12FNO4/c13-8-1-2-9(14(15)16)10(5-8)18-12-4-7-3-11(12)17-6-7/h1-2,5,7,11-12H,3-4,6H2/t7-,11+,12+/m1/s1. The normalized spacial score (nSPS) is 29.5. The van der Waals surface area contributed by atoms with E-state index in [0.29, 0.717) is 5.92 Å². The highest BCUT2D eigenvalue weighted by Crippen LogP contribution is 2.39. The van der Waals surface area contributed by atoms with Gasteiger partial charge in [-0.15, -0.1) is 0 Å². The van der Waals surface area contributed by atoms with Crippen LogP contribution in [0.1, 0.15) is 12.8 Å². The van der Waals surface area contributed by atoms with Crippen molar-refractivity contribution in [1.29, 1.82) is 0 Å². The first-order valence-electron chi connectivity index (χ1n) is 5.85. The van der Waals surface area contributed by atoms with Crippen molar-refractivity contribution in [3.8, 4) is 5.75 Å². The van der Waals surface area contributed by atoms with Gasteiger partial charge in [0.05, 0.1) is 17.6 Å². The number of rotatable bonds is 3. The minimum absolute atomic E-state index is 0.0128. The highest BCUT2D eigenvalue weighted by molar-refractivity contribution is 5.46. The van der Waals surface area contributed by atoms with E-state index in [9.17, 15) is 14.5 Å². The van der Waals surface area contributed by atoms with Gasteiger partial charge in [-0.25, -0.2) is 4.39 Å². The van der Waals surface area contributed by atoms with Gasteiger partial charge in [-0.2, -0.15) is 0 Å². The highest BCUT2D eigenvalue weighted by atomic mass is 19.1. The Labute approximate surface area is 103 Å². The predicted molar refractivity (Wildman–Crippen MR) is 59.9 cm³/mol. The molecule has 0 radical (unpaired) electrons. The Kier molecular flexibility index (Phi) is 2.66. The second kappa shape index (κ2) is 4.20. The molecule has 1 saturated carbocycles. The molecule has 2 fully saturated rings. The molecule has 1 aromatic carbocycles. The SMILES string of the molecule is O=[N+]([O-])c1ccc(F)cc1O[C@H]1C[C@@H]2CO[C@H]1C2. The monoisotopic (exact) mass is 253 g/mol. The Morgan fingerprint density at radius 2 is 2.28 bits per heavy atom. The molecule has 0 spiro atoms. The number of halogens is 1. The average molecular weight is 253 g/mol. The van der Waals surface area contributed by atoms with E-state index in [2.05, 4.69) is 0 Å². The minimum atomic E-state index is -0.567. The fourth-order valence-electron chi connectivity index (χ4n) is 2.65. The summed E-state index contributed by atoms with van der Waals surface area (Å²) in [5, 5.41) is 10.8. The number of nitrogens with zero attached hydrogens (tertiary/aromatic N) is 1. The van der Waals surface area contributed by atoms with Gasteiger partial charge in [-0.05, 0) is 24.8 Å². The lowest BCUT2D eigenvalue weighted by molar-refractivity contribution is -0.386. The lowest BCUT2D eigenvalue weighted by Crippen LogP contribution is -2.30. The van der Waals surface area contributed by atoms with Gasteiger partial charge in [0.15, 0.2) is 5.75 Å². The second-order valence-corrected chi connectivity index (χ2v) is 4.73. The molecule has 5 nitrogen and oxygen atoms in total. The Bertz CT molecular complexity index is 493. The molecule has 1 heterocycles. The molecule has 2 bridgehead atoms. The molecule has 0 amide bonds. The lowest BCUT2D eigenvalue weighted by atomic mass is 10.1. The number of nitro groups is 1. The molecule has 96 valence electrons. The van der Waals surface area contributed by atoms with Crippen LogP contribution in [0.3, 0.4) is 0 Å². The van der Waals surface area contributed by atoms with Crippen LogP contribution in [-0.2, 0) is 4.74 Å². The maximum absolute atomic E-state index is 13.1. The van der Waals surface area contributed by atoms with Crippen molar-refractivity contribution >= 4 is 5.69 Å². The third kappa shape index (κ3) is 1.92. The summed E-state index contributed by atoms with van der Waals surface area (Å²) in [6.07, 6.45) is 1.52. The number of hydrogen-bond donors (Lipinski definition) is 0. The van der Waals surface area contributed by atoms with E-state index in [1.54, 1.807) is 0 Å². The molecular weight excluding hydrogens is 241 g/mol. The van der Waals surface area contributed by atoms with Crippen molar-refractivity contribution in [2.75, 3.05) is 6.61 Å². The highest BCUT2D eigenvalue weighted by Gasteiger charge is 2.43. The molecule has 1 saturated heterocycles. The summed E-state index contributed by atoms with van der Waals surface area (Å²) >= 11 is 0. The maximum atomic E-state index is 13.1. The fraction of sp³-hybridized carbons (Fsp3) is 0.500. The molecule has 6 heteroatoms. The van der Waals surface area contributed by atoms with Crippen LogP contribution >= 0.6 is 0 Å². The van der Waals surface area contributed by atoms with E-state index >= 15 is 0 Å². The molecule has 1 aliphatic carbocycles. The lowest BCUT2D eigenvalue weighted by Gasteiger charge is -2.23. The minimum Gasteiger partial charge on any atom is -0.481 e. The number of ether oxygens (including phenoxy) is 2. The van der Waals surface area contributed by atoms with E-state index < -0.39 is 10.7 Å². The first kappa shape index (κ1) is 11.4. The molecule has 2 aliphatic rings. The Morgan fingerprint density at radius 3 is 2.89 bits per heavy atom. The van der Waals surface area contributed by atoms with Gasteiger partial charge in [0.1, 0.15) is 11.9 Å². The first-order chi connectivity index (χ1) is 8.63. The third-order valence-corrected chi connectivity index (χ3v) is 3.49. The van der Waals surface area contributed by atoms with Crippen molar-refractivity contribution in [3.63, 3.8) is 0 Å². The number of hydrogen-bond acceptors (Lipinski definition) is 4. The summed E-state index contributed by atoms with van der Waals surface area (Å²) in [7, 11) is 0. The summed E-state index contributed by atoms with van der Waals surface area (Å²) < 4.78 is 24.2.